The lowest BCUT2D eigenvalue weighted by Crippen LogP contribution is -2.56. The molecule has 0 aliphatic carbocycles. The average molecular weight is 272 g/mol. The summed E-state index contributed by atoms with van der Waals surface area (Å²) in [7, 11) is 1.66. The molecule has 0 bridgehead atoms. The minimum absolute atomic E-state index is 0.396. The fourth-order valence-electron chi connectivity index (χ4n) is 3.19. The van der Waals surface area contributed by atoms with Crippen LogP contribution in [0.2, 0.25) is 0 Å². The summed E-state index contributed by atoms with van der Waals surface area (Å²) in [5, 5.41) is 10.0. The molecular formula is C14H28N2O3. The first-order valence-corrected chi connectivity index (χ1v) is 7.43. The zero-order chi connectivity index (χ0) is 13.7. The van der Waals surface area contributed by atoms with E-state index < -0.39 is 6.10 Å². The molecule has 2 rings (SSSR count). The molecule has 0 aromatic rings. The smallest absolute Gasteiger partial charge is 0.0900 e. The summed E-state index contributed by atoms with van der Waals surface area (Å²) < 4.78 is 10.3. The van der Waals surface area contributed by atoms with E-state index in [0.717, 1.165) is 19.6 Å². The predicted molar refractivity (Wildman–Crippen MR) is 74.3 cm³/mol. The van der Waals surface area contributed by atoms with Crippen molar-refractivity contribution in [2.75, 3.05) is 53.1 Å². The Hall–Kier alpha value is -0.200. The van der Waals surface area contributed by atoms with Crippen molar-refractivity contribution >= 4 is 0 Å². The summed E-state index contributed by atoms with van der Waals surface area (Å²) in [6.45, 7) is 8.01. The highest BCUT2D eigenvalue weighted by molar-refractivity contribution is 4.91. The van der Waals surface area contributed by atoms with Gasteiger partial charge in [-0.1, -0.05) is 0 Å². The molecule has 2 fully saturated rings. The number of nitrogens with zero attached hydrogens (tertiary/aromatic N) is 2. The molecule has 19 heavy (non-hydrogen) atoms. The van der Waals surface area contributed by atoms with Gasteiger partial charge >= 0.3 is 0 Å². The molecule has 2 saturated heterocycles. The number of fused-ring (bicyclic) bond motifs is 1. The lowest BCUT2D eigenvalue weighted by Gasteiger charge is -2.43. The Balaban J connectivity index is 1.69. The van der Waals surface area contributed by atoms with Gasteiger partial charge in [0.25, 0.3) is 0 Å². The van der Waals surface area contributed by atoms with Crippen LogP contribution in [-0.4, -0.2) is 86.2 Å². The van der Waals surface area contributed by atoms with Crippen LogP contribution in [0, 0.1) is 0 Å². The van der Waals surface area contributed by atoms with Crippen molar-refractivity contribution in [2.45, 2.75) is 38.0 Å². The van der Waals surface area contributed by atoms with E-state index in [0.29, 0.717) is 31.9 Å². The highest BCUT2D eigenvalue weighted by Gasteiger charge is 2.34. The van der Waals surface area contributed by atoms with Crippen LogP contribution in [0.15, 0.2) is 0 Å². The van der Waals surface area contributed by atoms with E-state index in [1.807, 2.05) is 0 Å². The van der Waals surface area contributed by atoms with Gasteiger partial charge < -0.3 is 14.6 Å². The van der Waals surface area contributed by atoms with Gasteiger partial charge in [-0.3, -0.25) is 9.80 Å². The minimum atomic E-state index is -0.396. The SMILES string of the molecule is COCCOCC(O)CN1CC2CCCN2CC1C. The van der Waals surface area contributed by atoms with Gasteiger partial charge in [0.05, 0.1) is 25.9 Å². The minimum Gasteiger partial charge on any atom is -0.389 e. The lowest BCUT2D eigenvalue weighted by molar-refractivity contribution is -0.0225. The molecule has 0 radical (unpaired) electrons. The van der Waals surface area contributed by atoms with E-state index in [1.165, 1.54) is 19.4 Å². The van der Waals surface area contributed by atoms with E-state index in [2.05, 4.69) is 16.7 Å². The highest BCUT2D eigenvalue weighted by atomic mass is 16.5. The maximum absolute atomic E-state index is 10.0. The fourth-order valence-corrected chi connectivity index (χ4v) is 3.19. The molecule has 5 heteroatoms. The van der Waals surface area contributed by atoms with Crippen LogP contribution >= 0.6 is 0 Å². The van der Waals surface area contributed by atoms with E-state index in [4.69, 9.17) is 9.47 Å². The molecule has 2 heterocycles. The van der Waals surface area contributed by atoms with Gasteiger partial charge in [0.2, 0.25) is 0 Å². The third kappa shape index (κ3) is 4.39. The molecule has 112 valence electrons. The summed E-state index contributed by atoms with van der Waals surface area (Å²) in [6.07, 6.45) is 2.24. The molecule has 2 aliphatic rings. The Morgan fingerprint density at radius 2 is 2.16 bits per heavy atom. The van der Waals surface area contributed by atoms with Gasteiger partial charge in [-0.15, -0.1) is 0 Å². The number of ether oxygens (including phenoxy) is 2. The highest BCUT2D eigenvalue weighted by Crippen LogP contribution is 2.24. The van der Waals surface area contributed by atoms with Gasteiger partial charge in [0, 0.05) is 38.8 Å². The molecule has 3 unspecified atom stereocenters. The topological polar surface area (TPSA) is 45.2 Å². The maximum atomic E-state index is 10.0. The standard InChI is InChI=1S/C14H28N2O3/c1-12-8-15-5-3-4-13(15)9-16(12)10-14(17)11-19-7-6-18-2/h12-14,17H,3-11H2,1-2H3. The van der Waals surface area contributed by atoms with Crippen molar-refractivity contribution in [1.82, 2.24) is 9.80 Å². The largest absolute Gasteiger partial charge is 0.389 e. The second kappa shape index (κ2) is 7.55. The van der Waals surface area contributed by atoms with Gasteiger partial charge in [-0.05, 0) is 26.3 Å². The van der Waals surface area contributed by atoms with Crippen LogP contribution in [-0.2, 0) is 9.47 Å². The van der Waals surface area contributed by atoms with Gasteiger partial charge in [-0.25, -0.2) is 0 Å². The van der Waals surface area contributed by atoms with E-state index >= 15 is 0 Å². The van der Waals surface area contributed by atoms with Gasteiger partial charge in [0.1, 0.15) is 0 Å². The molecule has 0 spiro atoms. The Labute approximate surface area is 116 Å². The van der Waals surface area contributed by atoms with Crippen LogP contribution in [0.4, 0.5) is 0 Å². The van der Waals surface area contributed by atoms with Crippen LogP contribution in [0.25, 0.3) is 0 Å². The molecule has 1 N–H and O–H groups in total. The predicted octanol–water partition coefficient (Wildman–Crippen LogP) is 0.179. The van der Waals surface area contributed by atoms with Crippen molar-refractivity contribution in [3.05, 3.63) is 0 Å². The van der Waals surface area contributed by atoms with E-state index in [9.17, 15) is 5.11 Å². The first-order chi connectivity index (χ1) is 9.20. The molecule has 2 aliphatic heterocycles. The molecule has 0 amide bonds. The van der Waals surface area contributed by atoms with E-state index in [-0.39, 0.29) is 0 Å². The van der Waals surface area contributed by atoms with Gasteiger partial charge in [0.15, 0.2) is 0 Å². The molecule has 5 nitrogen and oxygen atoms in total. The Bertz CT molecular complexity index is 265. The first kappa shape index (κ1) is 15.2. The van der Waals surface area contributed by atoms with Crippen LogP contribution < -0.4 is 0 Å². The molecule has 0 aromatic heterocycles. The number of aliphatic hydroxyl groups is 1. The molecule has 0 saturated carbocycles. The molecule has 3 atom stereocenters. The number of hydrogen-bond donors (Lipinski definition) is 1. The average Bonchev–Trinajstić information content (AvgIpc) is 2.82. The maximum Gasteiger partial charge on any atom is 0.0900 e. The quantitative estimate of drug-likeness (QED) is 0.670. The normalized spacial score (nSPS) is 30.5. The van der Waals surface area contributed by atoms with Gasteiger partial charge in [-0.2, -0.15) is 0 Å². The summed E-state index contributed by atoms with van der Waals surface area (Å²) in [5.74, 6) is 0. The lowest BCUT2D eigenvalue weighted by atomic mass is 10.1. The summed E-state index contributed by atoms with van der Waals surface area (Å²) in [6, 6.07) is 1.24. The number of piperazine rings is 1. The summed E-state index contributed by atoms with van der Waals surface area (Å²) in [4.78, 5) is 5.01. The van der Waals surface area contributed by atoms with Crippen molar-refractivity contribution in [3.8, 4) is 0 Å². The van der Waals surface area contributed by atoms with Crippen molar-refractivity contribution in [2.24, 2.45) is 0 Å². The number of β-amino-alcohol motifs (C(OH)–C–C–N with tert-alkyl or cyclic N) is 1. The van der Waals surface area contributed by atoms with Crippen LogP contribution in [0.1, 0.15) is 19.8 Å². The third-order valence-corrected chi connectivity index (χ3v) is 4.25. The number of hydrogen-bond acceptors (Lipinski definition) is 5. The van der Waals surface area contributed by atoms with Crippen molar-refractivity contribution in [1.29, 1.82) is 0 Å². The number of aliphatic hydroxyl groups excluding tert-OH is 1. The van der Waals surface area contributed by atoms with Crippen LogP contribution in [0.3, 0.4) is 0 Å². The Morgan fingerprint density at radius 1 is 1.32 bits per heavy atom. The number of methoxy groups -OCH3 is 1. The zero-order valence-corrected chi connectivity index (χ0v) is 12.3. The van der Waals surface area contributed by atoms with Crippen molar-refractivity contribution in [3.63, 3.8) is 0 Å². The second-order valence-electron chi connectivity index (χ2n) is 5.82. The zero-order valence-electron chi connectivity index (χ0n) is 12.3. The number of rotatable bonds is 7. The van der Waals surface area contributed by atoms with E-state index in [1.54, 1.807) is 7.11 Å². The fraction of sp³-hybridized carbons (Fsp3) is 1.00. The second-order valence-corrected chi connectivity index (χ2v) is 5.82. The summed E-state index contributed by atoms with van der Waals surface area (Å²) in [5.41, 5.74) is 0. The Kier molecular flexibility index (Phi) is 6.04. The summed E-state index contributed by atoms with van der Waals surface area (Å²) >= 11 is 0. The van der Waals surface area contributed by atoms with Crippen molar-refractivity contribution < 1.29 is 14.6 Å². The Morgan fingerprint density at radius 3 is 2.95 bits per heavy atom. The monoisotopic (exact) mass is 272 g/mol. The van der Waals surface area contributed by atoms with Crippen LogP contribution in [0.5, 0.6) is 0 Å². The molecular weight excluding hydrogens is 244 g/mol. The molecule has 0 aromatic carbocycles. The first-order valence-electron chi connectivity index (χ1n) is 7.43. The third-order valence-electron chi connectivity index (χ3n) is 4.25.